The lowest BCUT2D eigenvalue weighted by Gasteiger charge is -2.28. The highest BCUT2D eigenvalue weighted by atomic mass is 16.1. The van der Waals surface area contributed by atoms with E-state index in [0.717, 1.165) is 25.9 Å². The number of rotatable bonds is 5. The standard InChI is InChI=1S/C22H26N4O/c27-21(23-12-10-17-6-2-1-3-7-17)20-14-24-22(25-15-20)26-13-11-18-8-4-5-9-19(18)16-26/h4-6,8-9,14-15H,1-3,7,10-13,16H2,(H,23,27). The van der Waals surface area contributed by atoms with Crippen molar-refractivity contribution in [1.82, 2.24) is 15.3 Å². The molecule has 2 heterocycles. The summed E-state index contributed by atoms with van der Waals surface area (Å²) < 4.78 is 0. The van der Waals surface area contributed by atoms with Gasteiger partial charge in [-0.25, -0.2) is 9.97 Å². The Hall–Kier alpha value is -2.69. The maximum absolute atomic E-state index is 12.3. The number of amides is 1. The van der Waals surface area contributed by atoms with Gasteiger partial charge in [-0.1, -0.05) is 35.9 Å². The van der Waals surface area contributed by atoms with E-state index in [1.807, 2.05) is 0 Å². The summed E-state index contributed by atoms with van der Waals surface area (Å²) in [6.45, 7) is 2.39. The van der Waals surface area contributed by atoms with Crippen molar-refractivity contribution < 1.29 is 4.79 Å². The fourth-order valence-electron chi connectivity index (χ4n) is 3.84. The predicted molar refractivity (Wildman–Crippen MR) is 107 cm³/mol. The first-order chi connectivity index (χ1) is 13.3. The first-order valence-corrected chi connectivity index (χ1v) is 9.89. The summed E-state index contributed by atoms with van der Waals surface area (Å²) in [4.78, 5) is 23.4. The van der Waals surface area contributed by atoms with Gasteiger partial charge in [0.15, 0.2) is 0 Å². The molecule has 5 heteroatoms. The van der Waals surface area contributed by atoms with Crippen molar-refractivity contribution >= 4 is 11.9 Å². The Morgan fingerprint density at radius 3 is 2.67 bits per heavy atom. The number of nitrogens with zero attached hydrogens (tertiary/aromatic N) is 3. The molecule has 1 aromatic heterocycles. The zero-order valence-corrected chi connectivity index (χ0v) is 15.7. The van der Waals surface area contributed by atoms with Crippen LogP contribution in [0.5, 0.6) is 0 Å². The van der Waals surface area contributed by atoms with Crippen molar-refractivity contribution in [3.05, 3.63) is 65.0 Å². The van der Waals surface area contributed by atoms with Crippen LogP contribution in [0.4, 0.5) is 5.95 Å². The van der Waals surface area contributed by atoms with E-state index in [9.17, 15) is 4.79 Å². The molecule has 0 saturated carbocycles. The summed E-state index contributed by atoms with van der Waals surface area (Å²) in [5.41, 5.74) is 4.72. The molecule has 0 bridgehead atoms. The van der Waals surface area contributed by atoms with Crippen LogP contribution in [0.1, 0.15) is 53.6 Å². The number of allylic oxidation sites excluding steroid dienone is 1. The van der Waals surface area contributed by atoms with Crippen LogP contribution in [-0.2, 0) is 13.0 Å². The molecule has 5 nitrogen and oxygen atoms in total. The lowest BCUT2D eigenvalue weighted by molar-refractivity contribution is 0.0953. The van der Waals surface area contributed by atoms with Gasteiger partial charge in [0, 0.05) is 32.0 Å². The zero-order valence-electron chi connectivity index (χ0n) is 15.7. The van der Waals surface area contributed by atoms with Crippen molar-refractivity contribution in [2.75, 3.05) is 18.0 Å². The van der Waals surface area contributed by atoms with Crippen molar-refractivity contribution in [3.8, 4) is 0 Å². The summed E-state index contributed by atoms with van der Waals surface area (Å²) in [7, 11) is 0. The van der Waals surface area contributed by atoms with Crippen LogP contribution in [-0.4, -0.2) is 29.0 Å². The second kappa shape index (κ2) is 8.33. The minimum Gasteiger partial charge on any atom is -0.352 e. The fourth-order valence-corrected chi connectivity index (χ4v) is 3.84. The normalized spacial score (nSPS) is 16.4. The van der Waals surface area contributed by atoms with Crippen molar-refractivity contribution in [3.63, 3.8) is 0 Å². The average molecular weight is 362 g/mol. The largest absolute Gasteiger partial charge is 0.352 e. The van der Waals surface area contributed by atoms with E-state index < -0.39 is 0 Å². The van der Waals surface area contributed by atoms with Crippen LogP contribution in [0.2, 0.25) is 0 Å². The predicted octanol–water partition coefficient (Wildman–Crippen LogP) is 3.66. The zero-order chi connectivity index (χ0) is 18.5. The Labute approximate surface area is 160 Å². The molecular weight excluding hydrogens is 336 g/mol. The molecule has 0 atom stereocenters. The second-order valence-corrected chi connectivity index (χ2v) is 7.33. The lowest BCUT2D eigenvalue weighted by atomic mass is 9.97. The molecule has 0 unspecified atom stereocenters. The molecule has 1 aromatic carbocycles. The van der Waals surface area contributed by atoms with E-state index in [1.54, 1.807) is 12.4 Å². The van der Waals surface area contributed by atoms with Crippen LogP contribution in [0.25, 0.3) is 0 Å². The Balaban J connectivity index is 1.32. The van der Waals surface area contributed by atoms with Crippen LogP contribution in [0, 0.1) is 0 Å². The van der Waals surface area contributed by atoms with Crippen molar-refractivity contribution in [2.24, 2.45) is 0 Å². The number of carbonyl (C=O) groups excluding carboxylic acids is 1. The van der Waals surface area contributed by atoms with Crippen LogP contribution < -0.4 is 10.2 Å². The molecule has 140 valence electrons. The molecule has 0 saturated heterocycles. The minimum absolute atomic E-state index is 0.0954. The van der Waals surface area contributed by atoms with E-state index in [4.69, 9.17) is 0 Å². The molecule has 4 rings (SSSR count). The number of fused-ring (bicyclic) bond motifs is 1. The van der Waals surface area contributed by atoms with Gasteiger partial charge in [0.25, 0.3) is 5.91 Å². The molecule has 0 spiro atoms. The molecule has 0 radical (unpaired) electrons. The Morgan fingerprint density at radius 1 is 1.07 bits per heavy atom. The minimum atomic E-state index is -0.0954. The molecular formula is C22H26N4O. The summed E-state index contributed by atoms with van der Waals surface area (Å²) in [6.07, 6.45) is 12.5. The van der Waals surface area contributed by atoms with Gasteiger partial charge < -0.3 is 10.2 Å². The first-order valence-electron chi connectivity index (χ1n) is 9.89. The van der Waals surface area contributed by atoms with Gasteiger partial charge in [0.05, 0.1) is 5.56 Å². The van der Waals surface area contributed by atoms with Gasteiger partial charge in [0.2, 0.25) is 5.95 Å². The number of hydrogen-bond donors (Lipinski definition) is 1. The summed E-state index contributed by atoms with van der Waals surface area (Å²) in [5.74, 6) is 0.593. The highest BCUT2D eigenvalue weighted by Gasteiger charge is 2.18. The Morgan fingerprint density at radius 2 is 1.89 bits per heavy atom. The molecule has 1 aliphatic carbocycles. The number of anilines is 1. The monoisotopic (exact) mass is 362 g/mol. The SMILES string of the molecule is O=C(NCCC1=CCCCC1)c1cnc(N2CCc3ccccc3C2)nc1. The van der Waals surface area contributed by atoms with Crippen LogP contribution >= 0.6 is 0 Å². The van der Waals surface area contributed by atoms with Crippen LogP contribution in [0.15, 0.2) is 48.3 Å². The molecule has 1 N–H and O–H groups in total. The highest BCUT2D eigenvalue weighted by molar-refractivity contribution is 5.93. The number of benzene rings is 1. The number of carbonyl (C=O) groups is 1. The van der Waals surface area contributed by atoms with E-state index in [-0.39, 0.29) is 5.91 Å². The van der Waals surface area contributed by atoms with Crippen LogP contribution in [0.3, 0.4) is 0 Å². The second-order valence-electron chi connectivity index (χ2n) is 7.33. The van der Waals surface area contributed by atoms with Gasteiger partial charge in [-0.15, -0.1) is 0 Å². The number of aromatic nitrogens is 2. The summed E-state index contributed by atoms with van der Waals surface area (Å²) in [5, 5.41) is 2.98. The lowest BCUT2D eigenvalue weighted by Crippen LogP contribution is -2.32. The molecule has 1 amide bonds. The molecule has 1 aliphatic heterocycles. The van der Waals surface area contributed by atoms with E-state index in [2.05, 4.69) is 50.5 Å². The summed E-state index contributed by atoms with van der Waals surface area (Å²) in [6, 6.07) is 8.50. The average Bonchev–Trinajstić information content (AvgIpc) is 2.74. The fraction of sp³-hybridized carbons (Fsp3) is 0.409. The third kappa shape index (κ3) is 4.35. The highest BCUT2D eigenvalue weighted by Crippen LogP contribution is 2.22. The van der Waals surface area contributed by atoms with E-state index in [1.165, 1.54) is 42.4 Å². The van der Waals surface area contributed by atoms with Gasteiger partial charge in [-0.05, 0) is 49.7 Å². The Kier molecular flexibility index (Phi) is 5.47. The van der Waals surface area contributed by atoms with Gasteiger partial charge in [0.1, 0.15) is 0 Å². The quantitative estimate of drug-likeness (QED) is 0.825. The number of nitrogens with one attached hydrogen (secondary N) is 1. The molecule has 27 heavy (non-hydrogen) atoms. The molecule has 2 aliphatic rings. The maximum Gasteiger partial charge on any atom is 0.254 e. The van der Waals surface area contributed by atoms with E-state index >= 15 is 0 Å². The smallest absolute Gasteiger partial charge is 0.254 e. The third-order valence-corrected chi connectivity index (χ3v) is 5.43. The summed E-state index contributed by atoms with van der Waals surface area (Å²) >= 11 is 0. The first kappa shape index (κ1) is 17.7. The third-order valence-electron chi connectivity index (χ3n) is 5.43. The molecule has 2 aromatic rings. The maximum atomic E-state index is 12.3. The van der Waals surface area contributed by atoms with Gasteiger partial charge >= 0.3 is 0 Å². The topological polar surface area (TPSA) is 58.1 Å². The van der Waals surface area contributed by atoms with Gasteiger partial charge in [-0.3, -0.25) is 4.79 Å². The Bertz CT molecular complexity index is 828. The number of hydrogen-bond acceptors (Lipinski definition) is 4. The molecule has 0 fully saturated rings. The van der Waals surface area contributed by atoms with Crippen molar-refractivity contribution in [1.29, 1.82) is 0 Å². The van der Waals surface area contributed by atoms with Gasteiger partial charge in [-0.2, -0.15) is 0 Å². The van der Waals surface area contributed by atoms with E-state index in [0.29, 0.717) is 18.1 Å². The van der Waals surface area contributed by atoms with Crippen molar-refractivity contribution in [2.45, 2.75) is 45.1 Å².